The van der Waals surface area contributed by atoms with Crippen molar-refractivity contribution in [3.8, 4) is 5.75 Å². The molecule has 0 atom stereocenters. The number of carbonyl (C=O) groups excluding carboxylic acids is 1. The van der Waals surface area contributed by atoms with Crippen molar-refractivity contribution in [3.05, 3.63) is 47.5 Å². The number of hydrogen-bond acceptors (Lipinski definition) is 4. The summed E-state index contributed by atoms with van der Waals surface area (Å²) in [6, 6.07) is 8.02. The summed E-state index contributed by atoms with van der Waals surface area (Å²) >= 11 is 0. The molecule has 0 N–H and O–H groups in total. The topological polar surface area (TPSA) is 50.6 Å². The van der Waals surface area contributed by atoms with Crippen molar-refractivity contribution < 1.29 is 13.9 Å². The Hall–Kier alpha value is -2.41. The monoisotopic (exact) mass is 372 g/mol. The third-order valence-corrected chi connectivity index (χ3v) is 5.26. The second kappa shape index (κ2) is 7.68. The first-order chi connectivity index (χ1) is 13.1. The van der Waals surface area contributed by atoms with E-state index >= 15 is 0 Å². The number of benzene rings is 1. The largest absolute Gasteiger partial charge is 0.492 e. The number of halogens is 1. The molecule has 2 aromatic rings. The molecule has 7 heteroatoms. The fourth-order valence-corrected chi connectivity index (χ4v) is 3.43. The maximum Gasteiger partial charge on any atom is 0.272 e. The SMILES string of the molecule is Cn1nc(C2CC2)cc1C(=O)N1CCN(CCOc2ccc(F)cc2)CC1. The van der Waals surface area contributed by atoms with Crippen LogP contribution in [0.25, 0.3) is 0 Å². The summed E-state index contributed by atoms with van der Waals surface area (Å²) in [5.41, 5.74) is 1.74. The van der Waals surface area contributed by atoms with Crippen LogP contribution < -0.4 is 4.74 Å². The summed E-state index contributed by atoms with van der Waals surface area (Å²) in [5.74, 6) is 1.03. The fraction of sp³-hybridized carbons (Fsp3) is 0.500. The summed E-state index contributed by atoms with van der Waals surface area (Å²) in [6.07, 6.45) is 2.37. The molecule has 1 amide bonds. The van der Waals surface area contributed by atoms with Gasteiger partial charge in [-0.25, -0.2) is 4.39 Å². The predicted molar refractivity (Wildman–Crippen MR) is 99.4 cm³/mol. The zero-order chi connectivity index (χ0) is 18.8. The number of ether oxygens (including phenoxy) is 1. The molecule has 1 aliphatic carbocycles. The molecule has 144 valence electrons. The number of rotatable bonds is 6. The van der Waals surface area contributed by atoms with E-state index in [9.17, 15) is 9.18 Å². The van der Waals surface area contributed by atoms with Gasteiger partial charge in [0.05, 0.1) is 5.69 Å². The van der Waals surface area contributed by atoms with Gasteiger partial charge in [0.25, 0.3) is 5.91 Å². The van der Waals surface area contributed by atoms with E-state index < -0.39 is 0 Å². The van der Waals surface area contributed by atoms with Crippen LogP contribution in [0.5, 0.6) is 5.75 Å². The lowest BCUT2D eigenvalue weighted by Crippen LogP contribution is -2.49. The van der Waals surface area contributed by atoms with Gasteiger partial charge in [-0.05, 0) is 43.2 Å². The first kappa shape index (κ1) is 18.0. The molecule has 4 rings (SSSR count). The minimum absolute atomic E-state index is 0.0686. The van der Waals surface area contributed by atoms with Crippen molar-refractivity contribution >= 4 is 5.91 Å². The normalized spacial score (nSPS) is 17.9. The van der Waals surface area contributed by atoms with Gasteiger partial charge in [-0.1, -0.05) is 0 Å². The van der Waals surface area contributed by atoms with Gasteiger partial charge in [-0.2, -0.15) is 5.10 Å². The van der Waals surface area contributed by atoms with E-state index in [2.05, 4.69) is 10.00 Å². The van der Waals surface area contributed by atoms with Crippen LogP contribution in [0.1, 0.15) is 34.9 Å². The molecule has 1 aromatic heterocycles. The predicted octanol–water partition coefficient (Wildman–Crippen LogP) is 2.27. The zero-order valence-corrected chi connectivity index (χ0v) is 15.6. The quantitative estimate of drug-likeness (QED) is 0.781. The third kappa shape index (κ3) is 4.30. The van der Waals surface area contributed by atoms with Crippen LogP contribution in [0.15, 0.2) is 30.3 Å². The van der Waals surface area contributed by atoms with Crippen LogP contribution in [0.3, 0.4) is 0 Å². The van der Waals surface area contributed by atoms with Crippen LogP contribution in [-0.2, 0) is 7.05 Å². The second-order valence-corrected chi connectivity index (χ2v) is 7.29. The summed E-state index contributed by atoms with van der Waals surface area (Å²) < 4.78 is 20.3. The van der Waals surface area contributed by atoms with Crippen molar-refractivity contribution in [3.63, 3.8) is 0 Å². The standard InChI is InChI=1S/C20H25FN4O2/c1-23-19(14-18(22-23)15-2-3-15)20(26)25-10-8-24(9-11-25)12-13-27-17-6-4-16(21)5-7-17/h4-7,14-15H,2-3,8-13H2,1H3. The Bertz CT molecular complexity index is 793. The molecular formula is C20H25FN4O2. The number of nitrogens with zero attached hydrogens (tertiary/aromatic N) is 4. The maximum atomic E-state index is 12.9. The fourth-order valence-electron chi connectivity index (χ4n) is 3.43. The zero-order valence-electron chi connectivity index (χ0n) is 15.6. The van der Waals surface area contributed by atoms with Gasteiger partial charge in [0.1, 0.15) is 23.9 Å². The Labute approximate surface area is 158 Å². The number of hydrogen-bond donors (Lipinski definition) is 0. The summed E-state index contributed by atoms with van der Waals surface area (Å²) in [6.45, 7) is 4.40. The van der Waals surface area contributed by atoms with Crippen LogP contribution >= 0.6 is 0 Å². The van der Waals surface area contributed by atoms with Gasteiger partial charge in [-0.3, -0.25) is 14.4 Å². The van der Waals surface area contributed by atoms with Gasteiger partial charge < -0.3 is 9.64 Å². The van der Waals surface area contributed by atoms with Gasteiger partial charge in [0.2, 0.25) is 0 Å². The molecule has 2 fully saturated rings. The number of aryl methyl sites for hydroxylation is 1. The van der Waals surface area contributed by atoms with Crippen molar-refractivity contribution in [2.24, 2.45) is 7.05 Å². The molecule has 0 spiro atoms. The minimum Gasteiger partial charge on any atom is -0.492 e. The van der Waals surface area contributed by atoms with E-state index in [1.807, 2.05) is 18.0 Å². The Balaban J connectivity index is 1.23. The van der Waals surface area contributed by atoms with E-state index in [4.69, 9.17) is 4.74 Å². The van der Waals surface area contributed by atoms with E-state index in [0.29, 0.717) is 37.1 Å². The molecule has 0 unspecified atom stereocenters. The first-order valence-electron chi connectivity index (χ1n) is 9.54. The lowest BCUT2D eigenvalue weighted by molar-refractivity contribution is 0.0610. The van der Waals surface area contributed by atoms with Gasteiger partial charge in [0, 0.05) is 45.7 Å². The number of amides is 1. The summed E-state index contributed by atoms with van der Waals surface area (Å²) in [5, 5.41) is 4.50. The number of carbonyl (C=O) groups is 1. The second-order valence-electron chi connectivity index (χ2n) is 7.29. The van der Waals surface area contributed by atoms with Crippen molar-refractivity contribution in [1.82, 2.24) is 19.6 Å². The Morgan fingerprint density at radius 1 is 1.19 bits per heavy atom. The van der Waals surface area contributed by atoms with Gasteiger partial charge in [-0.15, -0.1) is 0 Å². The molecule has 1 aliphatic heterocycles. The van der Waals surface area contributed by atoms with Crippen molar-refractivity contribution in [1.29, 1.82) is 0 Å². The molecule has 2 heterocycles. The van der Waals surface area contributed by atoms with Crippen LogP contribution in [0.4, 0.5) is 4.39 Å². The van der Waals surface area contributed by atoms with Crippen molar-refractivity contribution in [2.45, 2.75) is 18.8 Å². The maximum absolute atomic E-state index is 12.9. The average molecular weight is 372 g/mol. The van der Waals surface area contributed by atoms with Crippen LogP contribution in [0, 0.1) is 5.82 Å². The summed E-state index contributed by atoms with van der Waals surface area (Å²) in [7, 11) is 1.85. The van der Waals surface area contributed by atoms with E-state index in [1.165, 1.54) is 25.0 Å². The lowest BCUT2D eigenvalue weighted by Gasteiger charge is -2.34. The number of aromatic nitrogens is 2. The summed E-state index contributed by atoms with van der Waals surface area (Å²) in [4.78, 5) is 17.0. The molecule has 0 bridgehead atoms. The molecule has 2 aliphatic rings. The van der Waals surface area contributed by atoms with E-state index in [0.717, 1.165) is 25.3 Å². The third-order valence-electron chi connectivity index (χ3n) is 5.26. The van der Waals surface area contributed by atoms with Gasteiger partial charge in [0.15, 0.2) is 0 Å². The van der Waals surface area contributed by atoms with Crippen LogP contribution in [0.2, 0.25) is 0 Å². The molecule has 6 nitrogen and oxygen atoms in total. The highest BCUT2D eigenvalue weighted by Crippen LogP contribution is 2.39. The highest BCUT2D eigenvalue weighted by Gasteiger charge is 2.30. The lowest BCUT2D eigenvalue weighted by atomic mass is 10.2. The molecule has 1 saturated carbocycles. The smallest absolute Gasteiger partial charge is 0.272 e. The Kier molecular flexibility index (Phi) is 5.11. The Morgan fingerprint density at radius 3 is 2.56 bits per heavy atom. The molecule has 0 radical (unpaired) electrons. The van der Waals surface area contributed by atoms with E-state index in [1.54, 1.807) is 16.8 Å². The highest BCUT2D eigenvalue weighted by atomic mass is 19.1. The first-order valence-corrected chi connectivity index (χ1v) is 9.54. The highest BCUT2D eigenvalue weighted by molar-refractivity contribution is 5.92. The van der Waals surface area contributed by atoms with Crippen LogP contribution in [-0.4, -0.2) is 64.8 Å². The van der Waals surface area contributed by atoms with Crippen molar-refractivity contribution in [2.75, 3.05) is 39.3 Å². The average Bonchev–Trinajstić information content (AvgIpc) is 3.46. The van der Waals surface area contributed by atoms with E-state index in [-0.39, 0.29) is 11.7 Å². The Morgan fingerprint density at radius 2 is 1.89 bits per heavy atom. The minimum atomic E-state index is -0.263. The molecule has 1 aromatic carbocycles. The molecular weight excluding hydrogens is 347 g/mol. The molecule has 27 heavy (non-hydrogen) atoms. The van der Waals surface area contributed by atoms with Gasteiger partial charge >= 0.3 is 0 Å². The molecule has 1 saturated heterocycles. The number of piperazine rings is 1.